The van der Waals surface area contributed by atoms with E-state index in [1.807, 2.05) is 48.5 Å². The van der Waals surface area contributed by atoms with Gasteiger partial charge in [-0.1, -0.05) is 40.7 Å². The van der Waals surface area contributed by atoms with E-state index >= 15 is 0 Å². The summed E-state index contributed by atoms with van der Waals surface area (Å²) >= 11 is 5.82. The Morgan fingerprint density at radius 1 is 1.06 bits per heavy atom. The summed E-state index contributed by atoms with van der Waals surface area (Å²) in [5, 5.41) is 8.67. The fourth-order valence-corrected chi connectivity index (χ4v) is 1.79. The fraction of sp³-hybridized carbons (Fsp3) is 0.0769. The van der Waals surface area contributed by atoms with Crippen LogP contribution in [0.5, 0.6) is 0 Å². The van der Waals surface area contributed by atoms with Gasteiger partial charge in [0.05, 0.1) is 0 Å². The number of benzene rings is 2. The predicted molar refractivity (Wildman–Crippen MR) is 69.3 cm³/mol. The van der Waals surface area contributed by atoms with Crippen LogP contribution in [-0.4, -0.2) is 15.2 Å². The highest BCUT2D eigenvalue weighted by atomic mass is 35.5. The summed E-state index contributed by atoms with van der Waals surface area (Å²) in [5.41, 5.74) is 2.69. The van der Waals surface area contributed by atoms with Crippen molar-refractivity contribution in [2.45, 2.75) is 6.61 Å². The Morgan fingerprint density at radius 2 is 1.83 bits per heavy atom. The molecular weight excluding hydrogens is 250 g/mol. The molecule has 0 amide bonds. The maximum absolute atomic E-state index is 5.82. The topological polar surface area (TPSA) is 39.9 Å². The number of aromatic nitrogens is 3. The quantitative estimate of drug-likeness (QED) is 0.726. The van der Waals surface area contributed by atoms with Gasteiger partial charge < -0.3 is 4.84 Å². The lowest BCUT2D eigenvalue weighted by atomic mass is 10.2. The summed E-state index contributed by atoms with van der Waals surface area (Å²) in [5.74, 6) is 0. The molecule has 1 heterocycles. The van der Waals surface area contributed by atoms with E-state index < -0.39 is 0 Å². The third-order valence-electron chi connectivity index (χ3n) is 2.59. The molecule has 0 aliphatic heterocycles. The van der Waals surface area contributed by atoms with E-state index in [9.17, 15) is 0 Å². The Bertz CT molecular complexity index is 663. The number of hydrogen-bond acceptors (Lipinski definition) is 3. The van der Waals surface area contributed by atoms with Gasteiger partial charge in [-0.15, -0.1) is 5.10 Å². The van der Waals surface area contributed by atoms with E-state index in [1.165, 1.54) is 4.85 Å². The summed E-state index contributed by atoms with van der Waals surface area (Å²) in [6, 6.07) is 15.2. The summed E-state index contributed by atoms with van der Waals surface area (Å²) in [6.07, 6.45) is 0. The molecule has 0 spiro atoms. The van der Waals surface area contributed by atoms with Crippen LogP contribution in [0.3, 0.4) is 0 Å². The van der Waals surface area contributed by atoms with Gasteiger partial charge in [-0.05, 0) is 35.0 Å². The lowest BCUT2D eigenvalue weighted by Gasteiger charge is -2.05. The number of para-hydroxylation sites is 1. The standard InChI is InChI=1S/C13H10ClN3O/c14-11-7-5-10(6-8-11)9-18-17-13-4-2-1-3-12(13)15-16-17/h1-8H,9H2. The fourth-order valence-electron chi connectivity index (χ4n) is 1.66. The molecule has 0 atom stereocenters. The minimum atomic E-state index is 0.421. The van der Waals surface area contributed by atoms with Crippen LogP contribution in [0.2, 0.25) is 5.02 Å². The van der Waals surface area contributed by atoms with Crippen molar-refractivity contribution in [3.05, 3.63) is 59.1 Å². The number of halogens is 1. The van der Waals surface area contributed by atoms with Crippen molar-refractivity contribution >= 4 is 22.6 Å². The van der Waals surface area contributed by atoms with Gasteiger partial charge in [0.25, 0.3) is 0 Å². The van der Waals surface area contributed by atoms with Crippen molar-refractivity contribution in [2.75, 3.05) is 0 Å². The molecule has 0 radical (unpaired) electrons. The smallest absolute Gasteiger partial charge is 0.142 e. The van der Waals surface area contributed by atoms with Crippen LogP contribution in [-0.2, 0) is 6.61 Å². The maximum atomic E-state index is 5.82. The zero-order valence-corrected chi connectivity index (χ0v) is 10.2. The molecule has 3 aromatic rings. The van der Waals surface area contributed by atoms with Gasteiger partial charge in [0.15, 0.2) is 0 Å². The van der Waals surface area contributed by atoms with Gasteiger partial charge in [-0.3, -0.25) is 0 Å². The highest BCUT2D eigenvalue weighted by Crippen LogP contribution is 2.11. The molecule has 5 heteroatoms. The van der Waals surface area contributed by atoms with Gasteiger partial charge in [0.1, 0.15) is 17.6 Å². The normalized spacial score (nSPS) is 10.7. The second-order valence-corrected chi connectivity index (χ2v) is 4.29. The van der Waals surface area contributed by atoms with E-state index in [4.69, 9.17) is 16.4 Å². The monoisotopic (exact) mass is 259 g/mol. The molecule has 90 valence electrons. The zero-order chi connectivity index (χ0) is 12.4. The van der Waals surface area contributed by atoms with Crippen LogP contribution in [0.15, 0.2) is 48.5 Å². The number of fused-ring (bicyclic) bond motifs is 1. The molecule has 18 heavy (non-hydrogen) atoms. The minimum absolute atomic E-state index is 0.421. The predicted octanol–water partition coefficient (Wildman–Crippen LogP) is 2.71. The van der Waals surface area contributed by atoms with Crippen LogP contribution in [0, 0.1) is 0 Å². The number of hydrogen-bond donors (Lipinski definition) is 0. The van der Waals surface area contributed by atoms with Crippen molar-refractivity contribution in [3.63, 3.8) is 0 Å². The Balaban J connectivity index is 1.79. The molecule has 0 N–H and O–H groups in total. The van der Waals surface area contributed by atoms with Gasteiger partial charge in [0.2, 0.25) is 0 Å². The first kappa shape index (κ1) is 11.0. The number of rotatable bonds is 3. The van der Waals surface area contributed by atoms with Crippen LogP contribution in [0.1, 0.15) is 5.56 Å². The molecule has 0 bridgehead atoms. The first-order valence-corrected chi connectivity index (χ1v) is 5.89. The second kappa shape index (κ2) is 4.66. The molecule has 2 aromatic carbocycles. The molecule has 0 saturated heterocycles. The average molecular weight is 260 g/mol. The number of nitrogens with zero attached hydrogens (tertiary/aromatic N) is 3. The maximum Gasteiger partial charge on any atom is 0.142 e. The van der Waals surface area contributed by atoms with Crippen molar-refractivity contribution < 1.29 is 4.84 Å². The SMILES string of the molecule is Clc1ccc(COn2nnc3ccccc32)cc1. The third-order valence-corrected chi connectivity index (χ3v) is 2.84. The Labute approximate surface area is 109 Å². The van der Waals surface area contributed by atoms with E-state index in [2.05, 4.69) is 10.3 Å². The van der Waals surface area contributed by atoms with Gasteiger partial charge >= 0.3 is 0 Å². The summed E-state index contributed by atoms with van der Waals surface area (Å²) in [4.78, 5) is 7.02. The summed E-state index contributed by atoms with van der Waals surface area (Å²) in [6.45, 7) is 0.421. The highest BCUT2D eigenvalue weighted by Gasteiger charge is 2.03. The Morgan fingerprint density at radius 3 is 2.67 bits per heavy atom. The second-order valence-electron chi connectivity index (χ2n) is 3.85. The molecule has 0 aliphatic carbocycles. The van der Waals surface area contributed by atoms with Crippen molar-refractivity contribution in [1.82, 2.24) is 15.2 Å². The molecule has 4 nitrogen and oxygen atoms in total. The van der Waals surface area contributed by atoms with Crippen LogP contribution >= 0.6 is 11.6 Å². The average Bonchev–Trinajstić information content (AvgIpc) is 2.82. The minimum Gasteiger partial charge on any atom is -0.390 e. The van der Waals surface area contributed by atoms with Crippen LogP contribution < -0.4 is 4.84 Å². The largest absolute Gasteiger partial charge is 0.390 e. The lowest BCUT2D eigenvalue weighted by molar-refractivity contribution is 0.0752. The molecule has 0 aliphatic rings. The molecule has 0 unspecified atom stereocenters. The molecule has 0 saturated carbocycles. The summed E-state index contributed by atoms with van der Waals surface area (Å²) < 4.78 is 0. The van der Waals surface area contributed by atoms with Crippen molar-refractivity contribution in [1.29, 1.82) is 0 Å². The highest BCUT2D eigenvalue weighted by molar-refractivity contribution is 6.30. The van der Waals surface area contributed by atoms with E-state index in [-0.39, 0.29) is 0 Å². The van der Waals surface area contributed by atoms with Gasteiger partial charge in [-0.2, -0.15) is 0 Å². The Kier molecular flexibility index (Phi) is 2.86. The van der Waals surface area contributed by atoms with Gasteiger partial charge in [-0.25, -0.2) is 0 Å². The molecule has 0 fully saturated rings. The zero-order valence-electron chi connectivity index (χ0n) is 9.45. The van der Waals surface area contributed by atoms with E-state index in [0.29, 0.717) is 11.6 Å². The van der Waals surface area contributed by atoms with Gasteiger partial charge in [0, 0.05) is 5.02 Å². The van der Waals surface area contributed by atoms with E-state index in [1.54, 1.807) is 0 Å². The van der Waals surface area contributed by atoms with Crippen LogP contribution in [0.4, 0.5) is 0 Å². The molecule has 1 aromatic heterocycles. The lowest BCUT2D eigenvalue weighted by Crippen LogP contribution is -2.12. The first-order valence-electron chi connectivity index (χ1n) is 5.51. The van der Waals surface area contributed by atoms with Crippen LogP contribution in [0.25, 0.3) is 11.0 Å². The molecule has 3 rings (SSSR count). The van der Waals surface area contributed by atoms with Crippen molar-refractivity contribution in [2.24, 2.45) is 0 Å². The molecular formula is C13H10ClN3O. The third kappa shape index (κ3) is 2.15. The summed E-state index contributed by atoms with van der Waals surface area (Å²) in [7, 11) is 0. The Hall–Kier alpha value is -2.07. The van der Waals surface area contributed by atoms with Crippen molar-refractivity contribution in [3.8, 4) is 0 Å². The van der Waals surface area contributed by atoms with E-state index in [0.717, 1.165) is 16.6 Å². The first-order chi connectivity index (χ1) is 8.83.